The van der Waals surface area contributed by atoms with Crippen LogP contribution in [0.2, 0.25) is 0 Å². The van der Waals surface area contributed by atoms with Gasteiger partial charge in [0.1, 0.15) is 17.6 Å². The lowest BCUT2D eigenvalue weighted by atomic mass is 9.83. The molecule has 13 nitrogen and oxygen atoms in total. The number of hydrogen-bond acceptors (Lipinski definition) is 10. The van der Waals surface area contributed by atoms with Crippen molar-refractivity contribution in [1.82, 2.24) is 25.0 Å². The van der Waals surface area contributed by atoms with Crippen LogP contribution in [-0.4, -0.2) is 106 Å². The second kappa shape index (κ2) is 14.2. The summed E-state index contributed by atoms with van der Waals surface area (Å²) in [7, 11) is -3.28. The average molecular weight is 706 g/mol. The number of likely N-dealkylation sites (tertiary alicyclic amines) is 1. The van der Waals surface area contributed by atoms with Crippen molar-refractivity contribution >= 4 is 27.6 Å². The fourth-order valence-electron chi connectivity index (χ4n) is 7.09. The summed E-state index contributed by atoms with van der Waals surface area (Å²) in [6.07, 6.45) is 3.53. The number of amides is 3. The van der Waals surface area contributed by atoms with Gasteiger partial charge >= 0.3 is 6.03 Å². The van der Waals surface area contributed by atoms with E-state index in [9.17, 15) is 18.5 Å². The molecule has 3 amide bonds. The number of pyridine rings is 1. The second-order valence-corrected chi connectivity index (χ2v) is 14.2. The molecule has 0 aliphatic carbocycles. The summed E-state index contributed by atoms with van der Waals surface area (Å²) >= 11 is 0. The highest BCUT2D eigenvalue weighted by Crippen LogP contribution is 2.49. The lowest BCUT2D eigenvalue weighted by Crippen LogP contribution is -2.61. The number of carbonyl (C=O) groups excluding carboxylic acids is 2. The first kappa shape index (κ1) is 35.1. The first-order valence-electron chi connectivity index (χ1n) is 16.7. The Morgan fingerprint density at radius 2 is 1.76 bits per heavy atom. The SMILES string of the molecule is CCOc1ncccc1C1(NC(=O)N2CCN(C3CCN(CC)CC3)CC2)C(=O)N(S(=O)(=O)c2ccc(OC)cc2)c2cc(F)c(C#N)cc21. The number of carbonyl (C=O) groups is 2. The zero-order chi connectivity index (χ0) is 35.6. The minimum absolute atomic E-state index is 0.0331. The molecule has 3 aromatic rings. The van der Waals surface area contributed by atoms with Crippen LogP contribution in [0.1, 0.15) is 43.4 Å². The van der Waals surface area contributed by atoms with Gasteiger partial charge in [-0.3, -0.25) is 9.69 Å². The van der Waals surface area contributed by atoms with Gasteiger partial charge in [-0.2, -0.15) is 9.57 Å². The van der Waals surface area contributed by atoms with Crippen LogP contribution in [0.4, 0.5) is 14.9 Å². The van der Waals surface area contributed by atoms with Crippen molar-refractivity contribution in [3.05, 3.63) is 77.2 Å². The van der Waals surface area contributed by atoms with Crippen LogP contribution < -0.4 is 19.1 Å². The van der Waals surface area contributed by atoms with Gasteiger partial charge < -0.3 is 24.6 Å². The Labute approximate surface area is 291 Å². The molecule has 15 heteroatoms. The summed E-state index contributed by atoms with van der Waals surface area (Å²) < 4.78 is 55.5. The number of urea groups is 1. The molecule has 264 valence electrons. The monoisotopic (exact) mass is 705 g/mol. The molecule has 0 saturated carbocycles. The van der Waals surface area contributed by atoms with E-state index >= 15 is 9.18 Å². The average Bonchev–Trinajstić information content (AvgIpc) is 3.38. The zero-order valence-corrected chi connectivity index (χ0v) is 29.1. The van der Waals surface area contributed by atoms with E-state index in [4.69, 9.17) is 9.47 Å². The quantitative estimate of drug-likeness (QED) is 0.352. The number of aromatic nitrogens is 1. The number of benzene rings is 2. The molecule has 50 heavy (non-hydrogen) atoms. The third kappa shape index (κ3) is 6.12. The molecule has 3 aliphatic rings. The fraction of sp³-hybridized carbons (Fsp3) is 0.429. The topological polar surface area (TPSA) is 148 Å². The highest BCUT2D eigenvalue weighted by atomic mass is 32.2. The second-order valence-electron chi connectivity index (χ2n) is 12.4. The Hall–Kier alpha value is -4.78. The molecule has 1 unspecified atom stereocenters. The molecule has 3 aliphatic heterocycles. The molecule has 1 N–H and O–H groups in total. The number of nitrogens with one attached hydrogen (secondary N) is 1. The smallest absolute Gasteiger partial charge is 0.318 e. The van der Waals surface area contributed by atoms with Crippen molar-refractivity contribution in [1.29, 1.82) is 5.26 Å². The normalized spacial score (nSPS) is 20.3. The predicted octanol–water partition coefficient (Wildman–Crippen LogP) is 3.29. The van der Waals surface area contributed by atoms with E-state index in [1.54, 1.807) is 17.9 Å². The maximum atomic E-state index is 15.4. The van der Waals surface area contributed by atoms with Crippen LogP contribution in [0.15, 0.2) is 59.6 Å². The van der Waals surface area contributed by atoms with Gasteiger partial charge in [-0.05, 0) is 81.9 Å². The molecule has 0 radical (unpaired) electrons. The van der Waals surface area contributed by atoms with Gasteiger partial charge in [0.05, 0.1) is 35.4 Å². The van der Waals surface area contributed by atoms with Crippen molar-refractivity contribution in [2.75, 3.05) is 63.8 Å². The zero-order valence-electron chi connectivity index (χ0n) is 28.3. The fourth-order valence-corrected chi connectivity index (χ4v) is 8.55. The highest BCUT2D eigenvalue weighted by molar-refractivity contribution is 7.93. The molecule has 0 bridgehead atoms. The van der Waals surface area contributed by atoms with Gasteiger partial charge in [-0.1, -0.05) is 6.92 Å². The van der Waals surface area contributed by atoms with Crippen LogP contribution >= 0.6 is 0 Å². The molecule has 6 rings (SSSR count). The summed E-state index contributed by atoms with van der Waals surface area (Å²) in [5, 5.41) is 12.7. The number of fused-ring (bicyclic) bond motifs is 1. The number of ether oxygens (including phenoxy) is 2. The Balaban J connectivity index is 1.43. The third-order valence-corrected chi connectivity index (χ3v) is 11.5. The number of rotatable bonds is 9. The van der Waals surface area contributed by atoms with Gasteiger partial charge in [0.15, 0.2) is 5.54 Å². The molecular formula is C35H40FN7O6S. The molecule has 4 heterocycles. The van der Waals surface area contributed by atoms with Crippen molar-refractivity contribution in [2.24, 2.45) is 0 Å². The van der Waals surface area contributed by atoms with E-state index in [0.717, 1.165) is 44.6 Å². The first-order chi connectivity index (χ1) is 24.1. The molecule has 0 spiro atoms. The first-order valence-corrected chi connectivity index (χ1v) is 18.1. The predicted molar refractivity (Wildman–Crippen MR) is 182 cm³/mol. The summed E-state index contributed by atoms with van der Waals surface area (Å²) in [6, 6.07) is 11.9. The van der Waals surface area contributed by atoms with E-state index in [0.29, 0.717) is 42.3 Å². The minimum Gasteiger partial charge on any atom is -0.497 e. The molecule has 1 aromatic heterocycles. The number of nitriles is 1. The molecule has 2 saturated heterocycles. The number of anilines is 1. The number of piperazine rings is 1. The number of methoxy groups -OCH3 is 1. The van der Waals surface area contributed by atoms with E-state index in [2.05, 4.69) is 27.0 Å². The maximum absolute atomic E-state index is 15.4. The Morgan fingerprint density at radius 1 is 1.06 bits per heavy atom. The van der Waals surface area contributed by atoms with E-state index < -0.39 is 38.9 Å². The third-order valence-electron chi connectivity index (χ3n) is 9.80. The Morgan fingerprint density at radius 3 is 2.38 bits per heavy atom. The van der Waals surface area contributed by atoms with Gasteiger partial charge in [0, 0.05) is 50.0 Å². The molecule has 1 atom stereocenters. The summed E-state index contributed by atoms with van der Waals surface area (Å²) in [4.78, 5) is 39.7. The standard InChI is InChI=1S/C35H40FN7O6S/c1-4-40-15-12-25(13-16-40)41-17-19-42(20-18-41)34(45)39-35(28-7-6-14-38-32(28)49-5-2)29-21-24(23-37)30(36)22-31(29)43(33(35)44)50(46,47)27-10-8-26(48-3)9-11-27/h6-11,14,21-22,25H,4-5,12-13,15-20H2,1-3H3,(H,39,45). The van der Waals surface area contributed by atoms with Crippen LogP contribution in [-0.2, 0) is 20.4 Å². The number of nitrogens with zero attached hydrogens (tertiary/aromatic N) is 6. The van der Waals surface area contributed by atoms with Crippen molar-refractivity contribution in [2.45, 2.75) is 43.2 Å². The highest BCUT2D eigenvalue weighted by Gasteiger charge is 2.59. The van der Waals surface area contributed by atoms with E-state index in [1.165, 1.54) is 49.7 Å². The Kier molecular flexibility index (Phi) is 9.97. The van der Waals surface area contributed by atoms with Gasteiger partial charge in [-0.25, -0.2) is 22.6 Å². The molecule has 2 fully saturated rings. The lowest BCUT2D eigenvalue weighted by molar-refractivity contribution is -0.121. The number of piperidine rings is 1. The summed E-state index contributed by atoms with van der Waals surface area (Å²) in [5.74, 6) is -1.80. The summed E-state index contributed by atoms with van der Waals surface area (Å²) in [5.41, 5.74) is -3.14. The van der Waals surface area contributed by atoms with E-state index in [-0.39, 0.29) is 34.2 Å². The van der Waals surface area contributed by atoms with Gasteiger partial charge in [0.2, 0.25) is 5.88 Å². The maximum Gasteiger partial charge on any atom is 0.318 e. The Bertz CT molecular complexity index is 1910. The van der Waals surface area contributed by atoms with E-state index in [1.807, 2.05) is 0 Å². The number of halogens is 1. The minimum atomic E-state index is -4.71. The molecule has 2 aromatic carbocycles. The van der Waals surface area contributed by atoms with Crippen LogP contribution in [0.25, 0.3) is 0 Å². The van der Waals surface area contributed by atoms with Crippen LogP contribution in [0, 0.1) is 17.1 Å². The largest absolute Gasteiger partial charge is 0.497 e. The van der Waals surface area contributed by atoms with Crippen molar-refractivity contribution in [3.8, 4) is 17.7 Å². The van der Waals surface area contributed by atoms with Crippen LogP contribution in [0.5, 0.6) is 11.6 Å². The number of sulfonamides is 1. The number of hydrogen-bond donors (Lipinski definition) is 1. The lowest BCUT2D eigenvalue weighted by Gasteiger charge is -2.43. The molecular weight excluding hydrogens is 665 g/mol. The van der Waals surface area contributed by atoms with Gasteiger partial charge in [0.25, 0.3) is 15.9 Å². The summed E-state index contributed by atoms with van der Waals surface area (Å²) in [6.45, 7) is 9.06. The van der Waals surface area contributed by atoms with Crippen molar-refractivity contribution in [3.63, 3.8) is 0 Å². The van der Waals surface area contributed by atoms with Crippen molar-refractivity contribution < 1.29 is 31.9 Å². The van der Waals surface area contributed by atoms with Gasteiger partial charge in [-0.15, -0.1) is 0 Å². The van der Waals surface area contributed by atoms with Crippen LogP contribution in [0.3, 0.4) is 0 Å².